The zero-order chi connectivity index (χ0) is 20.5. The SMILES string of the molecule is COCCN(C)C(=O)c1ccc2[nH]c(-c3nc4ccccc4[nH]c3=O)c(N)c2c1. The van der Waals surface area contributed by atoms with Crippen LogP contribution in [0, 0.1) is 0 Å². The van der Waals surface area contributed by atoms with Crippen LogP contribution >= 0.6 is 0 Å². The maximum Gasteiger partial charge on any atom is 0.276 e. The smallest absolute Gasteiger partial charge is 0.276 e. The molecule has 4 rings (SSSR count). The molecule has 29 heavy (non-hydrogen) atoms. The Morgan fingerprint density at radius 2 is 1.97 bits per heavy atom. The molecule has 0 fully saturated rings. The number of rotatable bonds is 5. The van der Waals surface area contributed by atoms with Crippen LogP contribution in [0.3, 0.4) is 0 Å². The predicted octanol–water partition coefficient (Wildman–Crippen LogP) is 2.37. The number of hydrogen-bond acceptors (Lipinski definition) is 5. The van der Waals surface area contributed by atoms with Crippen molar-refractivity contribution in [3.63, 3.8) is 0 Å². The molecule has 0 aliphatic rings. The molecule has 0 bridgehead atoms. The summed E-state index contributed by atoms with van der Waals surface area (Å²) in [5, 5.41) is 0.667. The summed E-state index contributed by atoms with van der Waals surface area (Å²) in [4.78, 5) is 37.2. The summed E-state index contributed by atoms with van der Waals surface area (Å²) in [5.74, 6) is -0.132. The molecule has 8 nitrogen and oxygen atoms in total. The molecule has 0 saturated heterocycles. The average Bonchev–Trinajstić information content (AvgIpc) is 3.06. The fraction of sp³-hybridized carbons (Fsp3) is 0.190. The highest BCUT2D eigenvalue weighted by Gasteiger charge is 2.18. The van der Waals surface area contributed by atoms with Gasteiger partial charge in [0.1, 0.15) is 0 Å². The molecule has 2 aromatic carbocycles. The number of anilines is 1. The Labute approximate surface area is 166 Å². The van der Waals surface area contributed by atoms with Crippen LogP contribution < -0.4 is 11.3 Å². The first kappa shape index (κ1) is 18.7. The number of nitrogens with zero attached hydrogens (tertiary/aromatic N) is 2. The van der Waals surface area contributed by atoms with Crippen LogP contribution in [0.15, 0.2) is 47.3 Å². The lowest BCUT2D eigenvalue weighted by Gasteiger charge is -2.16. The highest BCUT2D eigenvalue weighted by molar-refractivity contribution is 6.04. The summed E-state index contributed by atoms with van der Waals surface area (Å²) in [6, 6.07) is 12.5. The van der Waals surface area contributed by atoms with E-state index in [1.54, 1.807) is 43.3 Å². The number of para-hydroxylation sites is 2. The predicted molar refractivity (Wildman–Crippen MR) is 113 cm³/mol. The van der Waals surface area contributed by atoms with Crippen molar-refractivity contribution in [1.82, 2.24) is 19.9 Å². The van der Waals surface area contributed by atoms with Crippen LogP contribution in [-0.2, 0) is 4.74 Å². The van der Waals surface area contributed by atoms with E-state index in [1.807, 2.05) is 18.2 Å². The fourth-order valence-electron chi connectivity index (χ4n) is 3.28. The summed E-state index contributed by atoms with van der Waals surface area (Å²) in [6.07, 6.45) is 0. The van der Waals surface area contributed by atoms with Crippen LogP contribution in [-0.4, -0.2) is 53.1 Å². The first-order valence-corrected chi connectivity index (χ1v) is 9.14. The van der Waals surface area contributed by atoms with Crippen LogP contribution in [0.2, 0.25) is 0 Å². The molecule has 0 aliphatic heterocycles. The molecule has 4 aromatic rings. The van der Waals surface area contributed by atoms with Crippen LogP contribution in [0.25, 0.3) is 33.3 Å². The Kier molecular flexibility index (Phi) is 4.77. The summed E-state index contributed by atoms with van der Waals surface area (Å²) in [6.45, 7) is 0.939. The number of carbonyl (C=O) groups excluding carboxylic acids is 1. The minimum atomic E-state index is -0.336. The molecular formula is C21H21N5O3. The Balaban J connectivity index is 1.78. The molecular weight excluding hydrogens is 370 g/mol. The Hall–Kier alpha value is -3.65. The van der Waals surface area contributed by atoms with Gasteiger partial charge in [-0.25, -0.2) is 4.98 Å². The summed E-state index contributed by atoms with van der Waals surface area (Å²) < 4.78 is 5.02. The van der Waals surface area contributed by atoms with Gasteiger partial charge >= 0.3 is 0 Å². The van der Waals surface area contributed by atoms with E-state index in [0.29, 0.717) is 46.5 Å². The Morgan fingerprint density at radius 3 is 2.76 bits per heavy atom. The van der Waals surface area contributed by atoms with Gasteiger partial charge in [-0.2, -0.15) is 0 Å². The van der Waals surface area contributed by atoms with E-state index in [2.05, 4.69) is 15.0 Å². The lowest BCUT2D eigenvalue weighted by Crippen LogP contribution is -2.29. The number of H-pyrrole nitrogens is 2. The van der Waals surface area contributed by atoms with Crippen molar-refractivity contribution < 1.29 is 9.53 Å². The third-order valence-electron chi connectivity index (χ3n) is 4.90. The molecule has 0 spiro atoms. The van der Waals surface area contributed by atoms with Crippen LogP contribution in [0.4, 0.5) is 5.69 Å². The maximum atomic E-state index is 12.6. The largest absolute Gasteiger partial charge is 0.396 e. The number of hydrogen-bond donors (Lipinski definition) is 3. The topological polar surface area (TPSA) is 117 Å². The highest BCUT2D eigenvalue weighted by Crippen LogP contribution is 2.31. The number of benzene rings is 2. The van der Waals surface area contributed by atoms with E-state index in [4.69, 9.17) is 10.5 Å². The Morgan fingerprint density at radius 1 is 1.17 bits per heavy atom. The molecule has 4 N–H and O–H groups in total. The number of fused-ring (bicyclic) bond motifs is 2. The summed E-state index contributed by atoms with van der Waals surface area (Å²) in [7, 11) is 3.31. The van der Waals surface area contributed by atoms with Crippen molar-refractivity contribution in [3.05, 3.63) is 58.4 Å². The Bertz CT molecular complexity index is 1270. The van der Waals surface area contributed by atoms with Gasteiger partial charge in [-0.15, -0.1) is 0 Å². The van der Waals surface area contributed by atoms with Gasteiger partial charge in [0.05, 0.1) is 29.0 Å². The third-order valence-corrected chi connectivity index (χ3v) is 4.90. The van der Waals surface area contributed by atoms with Crippen LogP contribution in [0.5, 0.6) is 0 Å². The van der Waals surface area contributed by atoms with Gasteiger partial charge < -0.3 is 25.3 Å². The van der Waals surface area contributed by atoms with E-state index < -0.39 is 0 Å². The summed E-state index contributed by atoms with van der Waals surface area (Å²) >= 11 is 0. The van der Waals surface area contributed by atoms with Crippen LogP contribution in [0.1, 0.15) is 10.4 Å². The lowest BCUT2D eigenvalue weighted by atomic mass is 10.1. The second kappa shape index (κ2) is 7.40. The molecule has 2 aromatic heterocycles. The van der Waals surface area contributed by atoms with Crippen molar-refractivity contribution in [2.24, 2.45) is 0 Å². The lowest BCUT2D eigenvalue weighted by molar-refractivity contribution is 0.0744. The number of nitrogens with two attached hydrogens (primary N) is 1. The van der Waals surface area contributed by atoms with Gasteiger partial charge in [-0.05, 0) is 30.3 Å². The quantitative estimate of drug-likeness (QED) is 0.483. The zero-order valence-electron chi connectivity index (χ0n) is 16.2. The fourth-order valence-corrected chi connectivity index (χ4v) is 3.28. The number of amides is 1. The van der Waals surface area contributed by atoms with Gasteiger partial charge in [0.15, 0.2) is 5.69 Å². The highest BCUT2D eigenvalue weighted by atomic mass is 16.5. The average molecular weight is 391 g/mol. The standard InChI is InChI=1S/C21H21N5O3/c1-26(9-10-29-2)21(28)12-7-8-14-13(11-12)17(22)18(23-14)19-20(27)25-16-6-4-3-5-15(16)24-19/h3-8,11,23H,9-10,22H2,1-2H3,(H,25,27). The first-order valence-electron chi connectivity index (χ1n) is 9.14. The van der Waals surface area contributed by atoms with Crippen molar-refractivity contribution in [2.45, 2.75) is 0 Å². The number of likely N-dealkylation sites (N-methyl/N-ethyl adjacent to an activating group) is 1. The number of nitrogen functional groups attached to an aromatic ring is 1. The van der Waals surface area contributed by atoms with Crippen molar-refractivity contribution in [3.8, 4) is 11.4 Å². The number of nitrogens with one attached hydrogen (secondary N) is 2. The number of aromatic amines is 2. The van der Waals surface area contributed by atoms with Gasteiger partial charge in [0.25, 0.3) is 11.5 Å². The molecule has 1 amide bonds. The van der Waals surface area contributed by atoms with Gasteiger partial charge in [-0.3, -0.25) is 9.59 Å². The van der Waals surface area contributed by atoms with E-state index in [9.17, 15) is 9.59 Å². The van der Waals surface area contributed by atoms with Gasteiger partial charge in [-0.1, -0.05) is 12.1 Å². The van der Waals surface area contributed by atoms with E-state index in [1.165, 1.54) is 0 Å². The number of ether oxygens (including phenoxy) is 1. The molecule has 0 aliphatic carbocycles. The third kappa shape index (κ3) is 3.34. The maximum absolute atomic E-state index is 12.6. The monoisotopic (exact) mass is 391 g/mol. The molecule has 2 heterocycles. The second-order valence-electron chi connectivity index (χ2n) is 6.83. The molecule has 0 saturated carbocycles. The second-order valence-corrected chi connectivity index (χ2v) is 6.83. The normalized spacial score (nSPS) is 11.2. The summed E-state index contributed by atoms with van der Waals surface area (Å²) in [5.41, 5.74) is 9.58. The van der Waals surface area contributed by atoms with Gasteiger partial charge in [0.2, 0.25) is 0 Å². The first-order chi connectivity index (χ1) is 14.0. The number of methoxy groups -OCH3 is 1. The zero-order valence-corrected chi connectivity index (χ0v) is 16.2. The van der Waals surface area contributed by atoms with Crippen molar-refractivity contribution in [2.75, 3.05) is 33.0 Å². The van der Waals surface area contributed by atoms with E-state index in [-0.39, 0.29) is 17.2 Å². The van der Waals surface area contributed by atoms with Gasteiger partial charge in [0, 0.05) is 37.2 Å². The minimum Gasteiger partial charge on any atom is -0.396 e. The molecule has 8 heteroatoms. The molecule has 0 unspecified atom stereocenters. The number of carbonyl (C=O) groups is 1. The minimum absolute atomic E-state index is 0.132. The molecule has 0 radical (unpaired) electrons. The van der Waals surface area contributed by atoms with Crippen molar-refractivity contribution >= 4 is 33.5 Å². The van der Waals surface area contributed by atoms with Crippen molar-refractivity contribution in [1.29, 1.82) is 0 Å². The molecule has 148 valence electrons. The van der Waals surface area contributed by atoms with E-state index in [0.717, 1.165) is 5.52 Å². The molecule has 0 atom stereocenters. The van der Waals surface area contributed by atoms with E-state index >= 15 is 0 Å². The number of aromatic nitrogens is 3.